The van der Waals surface area contributed by atoms with Crippen LogP contribution in [0.4, 0.5) is 19.3 Å². The van der Waals surface area contributed by atoms with Crippen LogP contribution in [0.3, 0.4) is 0 Å². The van der Waals surface area contributed by atoms with Crippen molar-refractivity contribution in [3.63, 3.8) is 0 Å². The summed E-state index contributed by atoms with van der Waals surface area (Å²) in [6.07, 6.45) is 1.72. The zero-order chi connectivity index (χ0) is 30.8. The maximum Gasteiger partial charge on any atom is 0.422 e. The van der Waals surface area contributed by atoms with Gasteiger partial charge >= 0.3 is 6.09 Å². The van der Waals surface area contributed by atoms with E-state index >= 15 is 4.39 Å². The van der Waals surface area contributed by atoms with Gasteiger partial charge in [0, 0.05) is 24.1 Å². The number of rotatable bonds is 7. The summed E-state index contributed by atoms with van der Waals surface area (Å²) >= 11 is 1.21. The SMILES string of the molecule is CC1(C)COC(c2cc(C(=O)N(C(=O)OC(C)(C)C)c3cnc(N4CCCC4)s3)cc(F)c2OCc2ccccc2)OC1. The molecule has 43 heavy (non-hydrogen) atoms. The van der Waals surface area contributed by atoms with Crippen LogP contribution in [0.25, 0.3) is 0 Å². The lowest BCUT2D eigenvalue weighted by atomic mass is 9.95. The number of aromatic nitrogens is 1. The maximum absolute atomic E-state index is 15.9. The molecule has 0 aliphatic carbocycles. The molecule has 2 aliphatic rings. The van der Waals surface area contributed by atoms with E-state index in [1.807, 2.05) is 44.2 Å². The Kier molecular flexibility index (Phi) is 9.05. The fourth-order valence-corrected chi connectivity index (χ4v) is 5.75. The summed E-state index contributed by atoms with van der Waals surface area (Å²) in [5, 5.41) is 0.983. The molecule has 3 aromatic rings. The van der Waals surface area contributed by atoms with Crippen molar-refractivity contribution in [2.75, 3.05) is 36.1 Å². The van der Waals surface area contributed by atoms with Crippen molar-refractivity contribution in [1.82, 2.24) is 4.98 Å². The zero-order valence-electron chi connectivity index (χ0n) is 25.2. The molecule has 0 atom stereocenters. The Bertz CT molecular complexity index is 1440. The molecule has 0 N–H and O–H groups in total. The number of hydrogen-bond donors (Lipinski definition) is 0. The van der Waals surface area contributed by atoms with Crippen LogP contribution in [0.1, 0.15) is 75.2 Å². The molecule has 0 saturated carbocycles. The first-order chi connectivity index (χ1) is 20.4. The van der Waals surface area contributed by atoms with E-state index in [2.05, 4.69) is 9.88 Å². The Hall–Kier alpha value is -3.54. The first-order valence-corrected chi connectivity index (χ1v) is 15.2. The van der Waals surface area contributed by atoms with Crippen LogP contribution >= 0.6 is 11.3 Å². The van der Waals surface area contributed by atoms with Gasteiger partial charge in [-0.3, -0.25) is 4.79 Å². The lowest BCUT2D eigenvalue weighted by Gasteiger charge is -2.35. The van der Waals surface area contributed by atoms with Crippen molar-refractivity contribution in [2.24, 2.45) is 5.41 Å². The van der Waals surface area contributed by atoms with Gasteiger partial charge in [0.25, 0.3) is 5.91 Å². The van der Waals surface area contributed by atoms with Gasteiger partial charge in [-0.05, 0) is 51.3 Å². The average Bonchev–Trinajstić information content (AvgIpc) is 3.65. The number of nitrogens with zero attached hydrogens (tertiary/aromatic N) is 3. The first-order valence-electron chi connectivity index (χ1n) is 14.4. The fourth-order valence-electron chi connectivity index (χ4n) is 4.79. The molecule has 9 nitrogen and oxygen atoms in total. The second-order valence-electron chi connectivity index (χ2n) is 12.6. The van der Waals surface area contributed by atoms with Gasteiger partial charge in [-0.1, -0.05) is 55.5 Å². The van der Waals surface area contributed by atoms with E-state index in [4.69, 9.17) is 18.9 Å². The Morgan fingerprint density at radius 1 is 1.12 bits per heavy atom. The smallest absolute Gasteiger partial charge is 0.422 e. The molecular formula is C32H38FN3O6S. The van der Waals surface area contributed by atoms with E-state index in [-0.39, 0.29) is 33.9 Å². The van der Waals surface area contributed by atoms with Crippen molar-refractivity contribution >= 4 is 33.5 Å². The Morgan fingerprint density at radius 3 is 2.44 bits per heavy atom. The van der Waals surface area contributed by atoms with Crippen molar-refractivity contribution in [1.29, 1.82) is 0 Å². The number of thiazole rings is 1. The number of amides is 2. The highest BCUT2D eigenvalue weighted by molar-refractivity contribution is 7.19. The summed E-state index contributed by atoms with van der Waals surface area (Å²) in [7, 11) is 0. The topological polar surface area (TPSA) is 90.4 Å². The van der Waals surface area contributed by atoms with Crippen LogP contribution in [-0.2, 0) is 20.8 Å². The van der Waals surface area contributed by atoms with Gasteiger partial charge in [0.05, 0.1) is 25.0 Å². The predicted molar refractivity (Wildman–Crippen MR) is 162 cm³/mol. The molecule has 0 unspecified atom stereocenters. The van der Waals surface area contributed by atoms with Crippen LogP contribution in [0.2, 0.25) is 0 Å². The highest BCUT2D eigenvalue weighted by atomic mass is 32.1. The minimum Gasteiger partial charge on any atom is -0.485 e. The molecule has 2 aromatic carbocycles. The number of halogens is 1. The number of benzene rings is 2. The number of carbonyl (C=O) groups is 2. The van der Waals surface area contributed by atoms with Gasteiger partial charge < -0.3 is 23.8 Å². The second kappa shape index (κ2) is 12.6. The van der Waals surface area contributed by atoms with Crippen molar-refractivity contribution < 1.29 is 32.9 Å². The van der Waals surface area contributed by atoms with Gasteiger partial charge in [0.1, 0.15) is 17.2 Å². The summed E-state index contributed by atoms with van der Waals surface area (Å²) in [4.78, 5) is 35.0. The number of hydrogen-bond acceptors (Lipinski definition) is 9. The maximum atomic E-state index is 15.9. The van der Waals surface area contributed by atoms with Crippen LogP contribution in [0.15, 0.2) is 48.7 Å². The summed E-state index contributed by atoms with van der Waals surface area (Å²) in [5.41, 5.74) is -0.130. The van der Waals surface area contributed by atoms with Crippen LogP contribution in [0.5, 0.6) is 5.75 Å². The van der Waals surface area contributed by atoms with Crippen LogP contribution in [0, 0.1) is 11.2 Å². The summed E-state index contributed by atoms with van der Waals surface area (Å²) in [6.45, 7) is 11.7. The minimum atomic E-state index is -0.971. The third kappa shape index (κ3) is 7.52. The molecule has 0 radical (unpaired) electrons. The van der Waals surface area contributed by atoms with Crippen molar-refractivity contribution in [3.05, 3.63) is 71.2 Å². The quantitative estimate of drug-likeness (QED) is 0.279. The standard InChI is InChI=1S/C32H38FN3O6S/c1-31(2,3)42-30(38)36(25-17-34-29(43-25)35-13-9-10-14-35)27(37)22-15-23(28-40-19-32(4,5)20-41-28)26(24(33)16-22)39-18-21-11-7-6-8-12-21/h6-8,11-12,15-17,28H,9-10,13-14,18-20H2,1-5H3. The molecule has 0 spiro atoms. The van der Waals surface area contributed by atoms with E-state index in [1.165, 1.54) is 23.6 Å². The monoisotopic (exact) mass is 611 g/mol. The molecule has 2 amide bonds. The lowest BCUT2D eigenvalue weighted by molar-refractivity contribution is -0.226. The van der Waals surface area contributed by atoms with Gasteiger partial charge in [-0.25, -0.2) is 14.2 Å². The summed E-state index contributed by atoms with van der Waals surface area (Å²) in [6, 6.07) is 11.9. The molecule has 11 heteroatoms. The minimum absolute atomic E-state index is 0.0805. The van der Waals surface area contributed by atoms with E-state index < -0.39 is 29.7 Å². The summed E-state index contributed by atoms with van der Waals surface area (Å²) < 4.78 is 39.4. The molecule has 230 valence electrons. The highest BCUT2D eigenvalue weighted by Crippen LogP contribution is 2.39. The number of imide groups is 1. The largest absolute Gasteiger partial charge is 0.485 e. The molecule has 1 aromatic heterocycles. The van der Waals surface area contributed by atoms with Gasteiger partial charge in [0.15, 0.2) is 23.0 Å². The predicted octanol–water partition coefficient (Wildman–Crippen LogP) is 7.11. The number of carbonyl (C=O) groups excluding carboxylic acids is 2. The van der Waals surface area contributed by atoms with Crippen molar-refractivity contribution in [2.45, 2.75) is 66.0 Å². The Labute approximate surface area is 255 Å². The van der Waals surface area contributed by atoms with E-state index in [1.54, 1.807) is 20.8 Å². The third-order valence-electron chi connectivity index (χ3n) is 6.91. The summed E-state index contributed by atoms with van der Waals surface area (Å²) in [5.74, 6) is -1.63. The number of anilines is 2. The van der Waals surface area contributed by atoms with Crippen LogP contribution in [-0.4, -0.2) is 48.9 Å². The molecule has 2 aliphatic heterocycles. The lowest BCUT2D eigenvalue weighted by Crippen LogP contribution is -2.41. The van der Waals surface area contributed by atoms with Crippen molar-refractivity contribution in [3.8, 4) is 5.75 Å². The fraction of sp³-hybridized carbons (Fsp3) is 0.469. The average molecular weight is 612 g/mol. The van der Waals surface area contributed by atoms with E-state index in [0.717, 1.165) is 42.5 Å². The molecule has 3 heterocycles. The third-order valence-corrected chi connectivity index (χ3v) is 7.95. The van der Waals surface area contributed by atoms with Crippen LogP contribution < -0.4 is 14.5 Å². The van der Waals surface area contributed by atoms with Gasteiger partial charge in [-0.15, -0.1) is 0 Å². The molecular weight excluding hydrogens is 573 g/mol. The molecule has 2 saturated heterocycles. The Morgan fingerprint density at radius 2 is 1.79 bits per heavy atom. The Balaban J connectivity index is 1.51. The van der Waals surface area contributed by atoms with E-state index in [9.17, 15) is 9.59 Å². The van der Waals surface area contributed by atoms with E-state index in [0.29, 0.717) is 18.3 Å². The highest BCUT2D eigenvalue weighted by Gasteiger charge is 2.36. The first kappa shape index (κ1) is 30.9. The number of ether oxygens (including phenoxy) is 4. The normalized spacial score (nSPS) is 17.1. The zero-order valence-corrected chi connectivity index (χ0v) is 26.0. The molecule has 2 fully saturated rings. The van der Waals surface area contributed by atoms with Gasteiger partial charge in [-0.2, -0.15) is 4.90 Å². The second-order valence-corrected chi connectivity index (χ2v) is 13.6. The molecule has 5 rings (SSSR count). The molecule has 0 bridgehead atoms. The van der Waals surface area contributed by atoms with Gasteiger partial charge in [0.2, 0.25) is 0 Å².